The van der Waals surface area contributed by atoms with Crippen LogP contribution in [0.1, 0.15) is 23.0 Å². The molecule has 0 atom stereocenters. The molecule has 0 radical (unpaired) electrons. The highest BCUT2D eigenvalue weighted by atomic mass is 16.5. The second kappa shape index (κ2) is 4.73. The zero-order valence-corrected chi connectivity index (χ0v) is 9.62. The number of esters is 1. The van der Waals surface area contributed by atoms with Gasteiger partial charge in [0.1, 0.15) is 0 Å². The smallest absolute Gasteiger partial charge is 0.341 e. The monoisotopic (exact) mass is 232 g/mol. The molecule has 2 heterocycles. The fourth-order valence-corrected chi connectivity index (χ4v) is 1.36. The molecule has 0 amide bonds. The van der Waals surface area contributed by atoms with E-state index in [9.17, 15) is 4.79 Å². The fraction of sp³-hybridized carbons (Fsp3) is 0.273. The van der Waals surface area contributed by atoms with E-state index < -0.39 is 5.97 Å². The van der Waals surface area contributed by atoms with Crippen molar-refractivity contribution in [1.82, 2.24) is 19.7 Å². The molecule has 0 spiro atoms. The van der Waals surface area contributed by atoms with Gasteiger partial charge in [0.25, 0.3) is 5.95 Å². The van der Waals surface area contributed by atoms with Crippen LogP contribution in [0.3, 0.4) is 0 Å². The van der Waals surface area contributed by atoms with Gasteiger partial charge in [0.2, 0.25) is 0 Å². The van der Waals surface area contributed by atoms with Crippen molar-refractivity contribution in [2.24, 2.45) is 0 Å². The molecule has 6 nitrogen and oxygen atoms in total. The van der Waals surface area contributed by atoms with E-state index in [4.69, 9.17) is 4.74 Å². The number of nitrogens with zero attached hydrogens (tertiary/aromatic N) is 4. The van der Waals surface area contributed by atoms with E-state index in [1.807, 2.05) is 0 Å². The number of hydrogen-bond acceptors (Lipinski definition) is 5. The van der Waals surface area contributed by atoms with E-state index in [0.717, 1.165) is 0 Å². The molecule has 0 N–H and O–H groups in total. The zero-order valence-electron chi connectivity index (χ0n) is 9.62. The summed E-state index contributed by atoms with van der Waals surface area (Å²) in [6, 6.07) is 1.78. The predicted molar refractivity (Wildman–Crippen MR) is 59.8 cm³/mol. The van der Waals surface area contributed by atoms with Gasteiger partial charge in [-0.3, -0.25) is 0 Å². The molecule has 0 unspecified atom stereocenters. The summed E-state index contributed by atoms with van der Waals surface area (Å²) in [7, 11) is 0. The minimum absolute atomic E-state index is 0.333. The van der Waals surface area contributed by atoms with Crippen LogP contribution in [0.4, 0.5) is 0 Å². The lowest BCUT2D eigenvalue weighted by Gasteiger charge is -2.05. The van der Waals surface area contributed by atoms with Crippen molar-refractivity contribution < 1.29 is 9.53 Å². The highest BCUT2D eigenvalue weighted by Gasteiger charge is 2.13. The number of carbonyl (C=O) groups excluding carboxylic acids is 1. The van der Waals surface area contributed by atoms with Crippen molar-refractivity contribution in [3.63, 3.8) is 0 Å². The second-order valence-corrected chi connectivity index (χ2v) is 3.34. The molecule has 0 saturated carbocycles. The van der Waals surface area contributed by atoms with Gasteiger partial charge in [-0.15, -0.1) is 0 Å². The maximum absolute atomic E-state index is 11.5. The Labute approximate surface area is 98.3 Å². The quantitative estimate of drug-likeness (QED) is 0.742. The SMILES string of the molecule is CCOC(=O)c1cnc(-n2cccn2)nc1C. The minimum Gasteiger partial charge on any atom is -0.462 e. The van der Waals surface area contributed by atoms with Crippen LogP contribution < -0.4 is 0 Å². The molecule has 0 aliphatic rings. The molecule has 6 heteroatoms. The first-order valence-electron chi connectivity index (χ1n) is 5.23. The third kappa shape index (κ3) is 2.30. The Kier molecular flexibility index (Phi) is 3.13. The van der Waals surface area contributed by atoms with E-state index in [1.165, 1.54) is 10.9 Å². The summed E-state index contributed by atoms with van der Waals surface area (Å²) >= 11 is 0. The predicted octanol–water partition coefficient (Wildman–Crippen LogP) is 1.15. The molecule has 0 aliphatic heterocycles. The van der Waals surface area contributed by atoms with Crippen molar-refractivity contribution >= 4 is 5.97 Å². The van der Waals surface area contributed by atoms with Crippen LogP contribution in [0.2, 0.25) is 0 Å². The van der Waals surface area contributed by atoms with Crippen LogP contribution in [0.15, 0.2) is 24.7 Å². The van der Waals surface area contributed by atoms with Crippen LogP contribution in [-0.4, -0.2) is 32.3 Å². The summed E-state index contributed by atoms with van der Waals surface area (Å²) < 4.78 is 6.43. The Morgan fingerprint density at radius 1 is 1.53 bits per heavy atom. The molecule has 88 valence electrons. The first-order valence-corrected chi connectivity index (χ1v) is 5.23. The van der Waals surface area contributed by atoms with Crippen LogP contribution in [0.25, 0.3) is 5.95 Å². The van der Waals surface area contributed by atoms with Crippen molar-refractivity contribution in [1.29, 1.82) is 0 Å². The molecule has 0 bridgehead atoms. The average molecular weight is 232 g/mol. The molecule has 0 aromatic carbocycles. The van der Waals surface area contributed by atoms with Gasteiger partial charge in [0.15, 0.2) is 0 Å². The Morgan fingerprint density at radius 2 is 2.35 bits per heavy atom. The number of ether oxygens (including phenoxy) is 1. The van der Waals surface area contributed by atoms with Crippen LogP contribution in [0.5, 0.6) is 0 Å². The van der Waals surface area contributed by atoms with Gasteiger partial charge in [0.05, 0.1) is 17.9 Å². The van der Waals surface area contributed by atoms with Crippen molar-refractivity contribution in [3.05, 3.63) is 35.9 Å². The summed E-state index contributed by atoms with van der Waals surface area (Å²) in [5.41, 5.74) is 0.951. The van der Waals surface area contributed by atoms with Gasteiger partial charge in [0, 0.05) is 18.6 Å². The lowest BCUT2D eigenvalue weighted by Crippen LogP contribution is -2.11. The lowest BCUT2D eigenvalue weighted by atomic mass is 10.2. The lowest BCUT2D eigenvalue weighted by molar-refractivity contribution is 0.0524. The van der Waals surface area contributed by atoms with Crippen molar-refractivity contribution in [2.45, 2.75) is 13.8 Å². The third-order valence-electron chi connectivity index (χ3n) is 2.17. The number of carbonyl (C=O) groups is 1. The Bertz CT molecular complexity index is 522. The van der Waals surface area contributed by atoms with E-state index in [-0.39, 0.29) is 0 Å². The molecule has 2 aromatic rings. The standard InChI is InChI=1S/C11H12N4O2/c1-3-17-10(16)9-7-12-11(14-8(9)2)15-6-4-5-13-15/h4-7H,3H2,1-2H3. The second-order valence-electron chi connectivity index (χ2n) is 3.34. The van der Waals surface area contributed by atoms with Crippen LogP contribution in [-0.2, 0) is 4.74 Å². The minimum atomic E-state index is -0.406. The summed E-state index contributed by atoms with van der Waals surface area (Å²) in [6.07, 6.45) is 4.83. The van der Waals surface area contributed by atoms with Crippen molar-refractivity contribution in [3.8, 4) is 5.95 Å². The number of aryl methyl sites for hydroxylation is 1. The largest absolute Gasteiger partial charge is 0.462 e. The van der Waals surface area contributed by atoms with Gasteiger partial charge < -0.3 is 4.74 Å². The average Bonchev–Trinajstić information content (AvgIpc) is 2.82. The zero-order chi connectivity index (χ0) is 12.3. The Hall–Kier alpha value is -2.24. The molecule has 17 heavy (non-hydrogen) atoms. The van der Waals surface area contributed by atoms with E-state index in [2.05, 4.69) is 15.1 Å². The van der Waals surface area contributed by atoms with Crippen LogP contribution >= 0.6 is 0 Å². The summed E-state index contributed by atoms with van der Waals surface area (Å²) in [6.45, 7) is 3.83. The van der Waals surface area contributed by atoms with E-state index in [0.29, 0.717) is 23.8 Å². The topological polar surface area (TPSA) is 69.9 Å². The van der Waals surface area contributed by atoms with E-state index in [1.54, 1.807) is 32.3 Å². The normalized spacial score (nSPS) is 10.2. The number of rotatable bonds is 3. The van der Waals surface area contributed by atoms with Gasteiger partial charge in [-0.2, -0.15) is 5.10 Å². The molecule has 0 aliphatic carbocycles. The highest BCUT2D eigenvalue weighted by Crippen LogP contribution is 2.08. The Morgan fingerprint density at radius 3 is 2.94 bits per heavy atom. The van der Waals surface area contributed by atoms with Crippen LogP contribution in [0, 0.1) is 6.92 Å². The summed E-state index contributed by atoms with van der Waals surface area (Å²) in [5, 5.41) is 4.01. The van der Waals surface area contributed by atoms with Gasteiger partial charge in [-0.05, 0) is 19.9 Å². The molecule has 2 aromatic heterocycles. The molecule has 2 rings (SSSR count). The first-order chi connectivity index (χ1) is 8.22. The molecule has 0 fully saturated rings. The van der Waals surface area contributed by atoms with Gasteiger partial charge >= 0.3 is 5.97 Å². The Balaban J connectivity index is 2.32. The number of aromatic nitrogens is 4. The summed E-state index contributed by atoms with van der Waals surface area (Å²) in [4.78, 5) is 19.8. The summed E-state index contributed by atoms with van der Waals surface area (Å²) in [5.74, 6) is 0.0255. The molecule has 0 saturated heterocycles. The third-order valence-corrected chi connectivity index (χ3v) is 2.17. The van der Waals surface area contributed by atoms with Crippen molar-refractivity contribution in [2.75, 3.05) is 6.61 Å². The van der Waals surface area contributed by atoms with Gasteiger partial charge in [-0.25, -0.2) is 19.4 Å². The maximum atomic E-state index is 11.5. The maximum Gasteiger partial charge on any atom is 0.341 e. The highest BCUT2D eigenvalue weighted by molar-refractivity contribution is 5.90. The number of hydrogen-bond donors (Lipinski definition) is 0. The van der Waals surface area contributed by atoms with Gasteiger partial charge in [-0.1, -0.05) is 0 Å². The first kappa shape index (κ1) is 11.3. The molecular weight excluding hydrogens is 220 g/mol. The molecular formula is C11H12N4O2. The fourth-order valence-electron chi connectivity index (χ4n) is 1.36. The van der Waals surface area contributed by atoms with E-state index >= 15 is 0 Å².